The first-order valence-corrected chi connectivity index (χ1v) is 6.73. The van der Waals surface area contributed by atoms with Crippen LogP contribution in [-0.4, -0.2) is 63.3 Å². The summed E-state index contributed by atoms with van der Waals surface area (Å²) in [4.78, 5) is 24.9. The quantitative estimate of drug-likeness (QED) is 0.662. The fourth-order valence-electron chi connectivity index (χ4n) is 2.22. The van der Waals surface area contributed by atoms with E-state index in [4.69, 9.17) is 4.74 Å². The van der Waals surface area contributed by atoms with E-state index < -0.39 is 0 Å². The van der Waals surface area contributed by atoms with Crippen LogP contribution < -0.4 is 5.32 Å². The summed E-state index contributed by atoms with van der Waals surface area (Å²) in [5.41, 5.74) is 0. The second-order valence-corrected chi connectivity index (χ2v) is 4.75. The molecule has 110 valence electrons. The molecule has 0 aromatic carbocycles. The number of likely N-dealkylation sites (N-methyl/N-ethyl adjacent to an activating group) is 1. The van der Waals surface area contributed by atoms with Crippen LogP contribution >= 0.6 is 0 Å². The van der Waals surface area contributed by atoms with Crippen molar-refractivity contribution in [2.75, 3.05) is 40.5 Å². The molecule has 1 fully saturated rings. The highest BCUT2D eigenvalue weighted by Crippen LogP contribution is 2.16. The van der Waals surface area contributed by atoms with Crippen LogP contribution in [0.25, 0.3) is 0 Å². The molecule has 6 nitrogen and oxygen atoms in total. The Morgan fingerprint density at radius 3 is 2.79 bits per heavy atom. The summed E-state index contributed by atoms with van der Waals surface area (Å²) >= 11 is 0. The minimum absolute atomic E-state index is 0.0771. The molecule has 1 rings (SSSR count). The molecule has 0 radical (unpaired) electrons. The predicted octanol–water partition coefficient (Wildman–Crippen LogP) is 0.0225. The molecule has 0 spiro atoms. The predicted molar refractivity (Wildman–Crippen MR) is 70.7 cm³/mol. The molecular formula is C13H24N2O4. The molecule has 0 aromatic heterocycles. The van der Waals surface area contributed by atoms with Gasteiger partial charge in [0.25, 0.3) is 0 Å². The highest BCUT2D eigenvalue weighted by atomic mass is 16.5. The van der Waals surface area contributed by atoms with E-state index in [0.29, 0.717) is 32.6 Å². The van der Waals surface area contributed by atoms with Crippen LogP contribution in [-0.2, 0) is 19.1 Å². The normalized spacial score (nSPS) is 22.3. The maximum absolute atomic E-state index is 12.3. The van der Waals surface area contributed by atoms with Gasteiger partial charge in [-0.15, -0.1) is 0 Å². The van der Waals surface area contributed by atoms with Gasteiger partial charge in [0, 0.05) is 26.1 Å². The van der Waals surface area contributed by atoms with Gasteiger partial charge in [0.1, 0.15) is 0 Å². The largest absolute Gasteiger partial charge is 0.469 e. The molecule has 1 saturated heterocycles. The van der Waals surface area contributed by atoms with Crippen LogP contribution in [0.3, 0.4) is 0 Å². The van der Waals surface area contributed by atoms with E-state index in [1.54, 1.807) is 11.9 Å². The molecule has 1 N–H and O–H groups in total. The first kappa shape index (κ1) is 15.9. The fraction of sp³-hybridized carbons (Fsp3) is 0.846. The summed E-state index contributed by atoms with van der Waals surface area (Å²) in [5, 5.41) is 3.27. The summed E-state index contributed by atoms with van der Waals surface area (Å²) < 4.78 is 9.94. The van der Waals surface area contributed by atoms with E-state index >= 15 is 0 Å². The molecule has 0 saturated carbocycles. The van der Waals surface area contributed by atoms with Crippen LogP contribution in [0.4, 0.5) is 0 Å². The number of ether oxygens (including phenoxy) is 2. The molecular weight excluding hydrogens is 248 g/mol. The Bertz CT molecular complexity index is 309. The number of hydrogen-bond acceptors (Lipinski definition) is 5. The summed E-state index contributed by atoms with van der Waals surface area (Å²) in [5.74, 6) is -0.285. The zero-order chi connectivity index (χ0) is 14.3. The van der Waals surface area contributed by atoms with Crippen LogP contribution in [0.15, 0.2) is 0 Å². The van der Waals surface area contributed by atoms with E-state index in [1.165, 1.54) is 7.11 Å². The van der Waals surface area contributed by atoms with Crippen molar-refractivity contribution >= 4 is 11.9 Å². The second-order valence-electron chi connectivity index (χ2n) is 4.75. The number of esters is 1. The van der Waals surface area contributed by atoms with Crippen molar-refractivity contribution in [2.24, 2.45) is 5.92 Å². The van der Waals surface area contributed by atoms with Gasteiger partial charge in [0.15, 0.2) is 0 Å². The van der Waals surface area contributed by atoms with E-state index in [-0.39, 0.29) is 23.8 Å². The van der Waals surface area contributed by atoms with Gasteiger partial charge >= 0.3 is 5.97 Å². The zero-order valence-electron chi connectivity index (χ0n) is 12.0. The summed E-state index contributed by atoms with van der Waals surface area (Å²) in [6, 6.07) is 0.0977. The Labute approximate surface area is 114 Å². The molecule has 2 atom stereocenters. The summed E-state index contributed by atoms with van der Waals surface area (Å²) in [6.45, 7) is 4.45. The van der Waals surface area contributed by atoms with E-state index in [2.05, 4.69) is 10.1 Å². The third-order valence-corrected chi connectivity index (χ3v) is 3.34. The third kappa shape index (κ3) is 4.80. The lowest BCUT2D eigenvalue weighted by Crippen LogP contribution is -2.44. The Hall–Kier alpha value is -1.14. The maximum atomic E-state index is 12.3. The maximum Gasteiger partial charge on any atom is 0.305 e. The summed E-state index contributed by atoms with van der Waals surface area (Å²) in [6.07, 6.45) is 0.959. The topological polar surface area (TPSA) is 67.9 Å². The molecule has 0 aliphatic carbocycles. The average molecular weight is 272 g/mol. The number of carbonyl (C=O) groups is 2. The lowest BCUT2D eigenvalue weighted by molar-refractivity contribution is -0.141. The molecule has 1 aliphatic rings. The first-order valence-electron chi connectivity index (χ1n) is 6.73. The number of hydrogen-bond donors (Lipinski definition) is 1. The number of methoxy groups -OCH3 is 1. The molecule has 2 unspecified atom stereocenters. The zero-order valence-corrected chi connectivity index (χ0v) is 12.0. The van der Waals surface area contributed by atoms with Gasteiger partial charge in [-0.3, -0.25) is 9.59 Å². The van der Waals surface area contributed by atoms with Gasteiger partial charge in [-0.05, 0) is 13.0 Å². The van der Waals surface area contributed by atoms with E-state index in [0.717, 1.165) is 6.54 Å². The molecule has 1 amide bonds. The van der Waals surface area contributed by atoms with Crippen LogP contribution in [0, 0.1) is 5.92 Å². The lowest BCUT2D eigenvalue weighted by atomic mass is 10.0. The molecule has 1 aliphatic heterocycles. The molecule has 0 aromatic rings. The van der Waals surface area contributed by atoms with Gasteiger partial charge in [0.2, 0.25) is 5.91 Å². The highest BCUT2D eigenvalue weighted by molar-refractivity contribution is 5.80. The van der Waals surface area contributed by atoms with Crippen molar-refractivity contribution in [1.82, 2.24) is 10.2 Å². The highest BCUT2D eigenvalue weighted by Gasteiger charge is 2.34. The molecule has 1 heterocycles. The molecule has 6 heteroatoms. The van der Waals surface area contributed by atoms with Gasteiger partial charge in [0.05, 0.1) is 26.2 Å². The SMILES string of the molecule is CCNC1COCC1C(=O)N(C)CCCC(=O)OC. The van der Waals surface area contributed by atoms with Crippen molar-refractivity contribution in [3.63, 3.8) is 0 Å². The number of carbonyl (C=O) groups excluding carboxylic acids is 2. The average Bonchev–Trinajstić information content (AvgIpc) is 2.86. The van der Waals surface area contributed by atoms with Crippen molar-refractivity contribution in [2.45, 2.75) is 25.8 Å². The van der Waals surface area contributed by atoms with Crippen molar-refractivity contribution < 1.29 is 19.1 Å². The van der Waals surface area contributed by atoms with Gasteiger partial charge in [-0.1, -0.05) is 6.92 Å². The minimum Gasteiger partial charge on any atom is -0.469 e. The first-order chi connectivity index (χ1) is 9.10. The number of amides is 1. The monoisotopic (exact) mass is 272 g/mol. The number of nitrogens with one attached hydrogen (secondary N) is 1. The number of rotatable bonds is 7. The van der Waals surface area contributed by atoms with Gasteiger partial charge in [-0.25, -0.2) is 0 Å². The van der Waals surface area contributed by atoms with E-state index in [1.807, 2.05) is 6.92 Å². The Morgan fingerprint density at radius 2 is 2.16 bits per heavy atom. The summed E-state index contributed by atoms with van der Waals surface area (Å²) in [7, 11) is 3.13. The van der Waals surface area contributed by atoms with Crippen molar-refractivity contribution in [3.8, 4) is 0 Å². The Morgan fingerprint density at radius 1 is 1.42 bits per heavy atom. The van der Waals surface area contributed by atoms with Gasteiger partial charge in [-0.2, -0.15) is 0 Å². The van der Waals surface area contributed by atoms with Crippen LogP contribution in [0.1, 0.15) is 19.8 Å². The minimum atomic E-state index is -0.240. The second kappa shape index (κ2) is 8.12. The number of nitrogens with zero attached hydrogens (tertiary/aromatic N) is 1. The standard InChI is InChI=1S/C13H24N2O4/c1-4-14-11-9-19-8-10(11)13(17)15(2)7-5-6-12(16)18-3/h10-11,14H,4-9H2,1-3H3. The lowest BCUT2D eigenvalue weighted by Gasteiger charge is -2.24. The smallest absolute Gasteiger partial charge is 0.305 e. The van der Waals surface area contributed by atoms with Crippen LogP contribution in [0.5, 0.6) is 0 Å². The Balaban J connectivity index is 2.36. The van der Waals surface area contributed by atoms with E-state index in [9.17, 15) is 9.59 Å². The van der Waals surface area contributed by atoms with Crippen molar-refractivity contribution in [3.05, 3.63) is 0 Å². The third-order valence-electron chi connectivity index (χ3n) is 3.34. The fourth-order valence-corrected chi connectivity index (χ4v) is 2.22. The van der Waals surface area contributed by atoms with Crippen molar-refractivity contribution in [1.29, 1.82) is 0 Å². The molecule has 19 heavy (non-hydrogen) atoms. The Kier molecular flexibility index (Phi) is 6.80. The molecule has 0 bridgehead atoms. The van der Waals surface area contributed by atoms with Crippen LogP contribution in [0.2, 0.25) is 0 Å². The van der Waals surface area contributed by atoms with Gasteiger partial charge < -0.3 is 19.7 Å².